The van der Waals surface area contributed by atoms with Crippen molar-refractivity contribution in [1.29, 1.82) is 0 Å². The summed E-state index contributed by atoms with van der Waals surface area (Å²) in [6.45, 7) is 17.9. The normalized spacial score (nSPS) is 18.6. The molecule has 0 saturated carbocycles. The summed E-state index contributed by atoms with van der Waals surface area (Å²) in [4.78, 5) is 91.5. The molecular formula is C58H64N12O7. The summed E-state index contributed by atoms with van der Waals surface area (Å²) in [5.74, 6) is -1.01. The highest BCUT2D eigenvalue weighted by Crippen LogP contribution is 2.41. The van der Waals surface area contributed by atoms with Crippen LogP contribution >= 0.6 is 0 Å². The second-order valence-corrected chi connectivity index (χ2v) is 22.3. The summed E-state index contributed by atoms with van der Waals surface area (Å²) in [6, 6.07) is 18.3. The number of pyridine rings is 2. The Kier molecular flexibility index (Phi) is 13.0. The number of aryl methyl sites for hydroxylation is 1. The number of nitrogens with zero attached hydrogens (tertiary/aromatic N) is 10. The van der Waals surface area contributed by atoms with Gasteiger partial charge in [0.05, 0.1) is 46.2 Å². The zero-order chi connectivity index (χ0) is 54.2. The minimum absolute atomic E-state index is 0.0213. The van der Waals surface area contributed by atoms with Gasteiger partial charge in [0.25, 0.3) is 23.3 Å². The number of rotatable bonds is 12. The van der Waals surface area contributed by atoms with Crippen LogP contribution in [0.3, 0.4) is 0 Å². The number of hydrogen-bond donors (Lipinski definition) is 4. The average molecular weight is 1040 g/mol. The zero-order valence-corrected chi connectivity index (χ0v) is 44.3. The van der Waals surface area contributed by atoms with Crippen molar-refractivity contribution in [2.24, 2.45) is 12.5 Å². The van der Waals surface area contributed by atoms with Gasteiger partial charge < -0.3 is 39.8 Å². The van der Waals surface area contributed by atoms with Crippen LogP contribution < -0.4 is 35.8 Å². The standard InChI is InChI=1S/C58H64N12O7/c1-8-50(72)62-44-26-36(61-51-56(76)64(7)32-45(63-51)40-14-18-60-52(43(40)33-71)69-24-23-68-47(55(69)75)25-35-29-57(3,4)30-48(35)68)9-12-46(44)67-22-21-66(31-34(67)2)37-15-19-65(20-16-37)38-10-11-41-42(27-38)54(74)70(53(41)73)39-13-17-59-49(28-39)58(5,6)77/h8-14,17-18,25-28,32,34,37,71,77H,1,15-16,19-24,29-31,33H2,2-7H3,(H,61,63)(H,62,72)/t34-/m0/s1. The van der Waals surface area contributed by atoms with Gasteiger partial charge in [-0.3, -0.25) is 38.8 Å². The fourth-order valence-electron chi connectivity index (χ4n) is 12.0. The fourth-order valence-corrected chi connectivity index (χ4v) is 12.0. The summed E-state index contributed by atoms with van der Waals surface area (Å²) in [6.07, 6.45) is 9.54. The number of aliphatic hydroxyl groups is 2. The molecule has 19 nitrogen and oxygen atoms in total. The van der Waals surface area contributed by atoms with E-state index in [1.54, 1.807) is 68.5 Å². The largest absolute Gasteiger partial charge is 0.392 e. The summed E-state index contributed by atoms with van der Waals surface area (Å²) in [7, 11) is 1.63. The summed E-state index contributed by atoms with van der Waals surface area (Å²) in [5.41, 5.74) is 7.05. The molecule has 5 aliphatic rings. The van der Waals surface area contributed by atoms with Crippen LogP contribution in [-0.4, -0.2) is 114 Å². The molecule has 11 rings (SSSR count). The summed E-state index contributed by atoms with van der Waals surface area (Å²) in [5, 5.41) is 27.6. The first-order valence-corrected chi connectivity index (χ1v) is 26.3. The number of piperazine rings is 1. The van der Waals surface area contributed by atoms with E-state index in [1.807, 2.05) is 30.3 Å². The van der Waals surface area contributed by atoms with Gasteiger partial charge in [0.2, 0.25) is 5.91 Å². The number of hydrogen-bond acceptors (Lipinski definition) is 14. The van der Waals surface area contributed by atoms with E-state index in [0.29, 0.717) is 87.9 Å². The summed E-state index contributed by atoms with van der Waals surface area (Å²) >= 11 is 0. The SMILES string of the molecule is C=CC(=O)Nc1cc(Nc2nc(-c3ccnc(N4CCn5c(cc6c5CC(C)(C)C6)C4=O)c3CO)cn(C)c2=O)ccc1N1CCN(C2CCN(c3ccc4c(c3)C(=O)N(c3ccnc(C(C)(C)O)c3)C4=O)CC2)C[C@@H]1C. The number of piperidine rings is 1. The molecule has 0 bridgehead atoms. The lowest BCUT2D eigenvalue weighted by atomic mass is 9.90. The molecule has 4 N–H and O–H groups in total. The molecule has 4 aliphatic heterocycles. The molecule has 2 saturated heterocycles. The third-order valence-electron chi connectivity index (χ3n) is 15.9. The molecule has 2 aromatic carbocycles. The minimum atomic E-state index is -1.24. The molecule has 4 aromatic heterocycles. The van der Waals surface area contributed by atoms with Crippen molar-refractivity contribution in [3.05, 3.63) is 142 Å². The van der Waals surface area contributed by atoms with E-state index in [9.17, 15) is 34.2 Å². The Labute approximate surface area is 446 Å². The van der Waals surface area contributed by atoms with Crippen LogP contribution in [0.1, 0.15) is 101 Å². The van der Waals surface area contributed by atoms with Gasteiger partial charge in [-0.05, 0) is 124 Å². The van der Waals surface area contributed by atoms with Gasteiger partial charge in [-0.2, -0.15) is 0 Å². The predicted octanol–water partition coefficient (Wildman–Crippen LogP) is 6.39. The molecule has 8 heterocycles. The number of carbonyl (C=O) groups excluding carboxylic acids is 4. The third-order valence-corrected chi connectivity index (χ3v) is 15.9. The molecule has 0 radical (unpaired) electrons. The van der Waals surface area contributed by atoms with Crippen molar-refractivity contribution in [2.45, 2.75) is 91.1 Å². The first-order valence-electron chi connectivity index (χ1n) is 26.3. The number of imide groups is 1. The molecule has 4 amide bonds. The van der Waals surface area contributed by atoms with E-state index in [4.69, 9.17) is 4.98 Å². The number of benzene rings is 2. The second kappa shape index (κ2) is 19.5. The maximum absolute atomic E-state index is 14.1. The van der Waals surface area contributed by atoms with Crippen molar-refractivity contribution < 1.29 is 29.4 Å². The molecule has 19 heteroatoms. The summed E-state index contributed by atoms with van der Waals surface area (Å²) < 4.78 is 3.55. The lowest BCUT2D eigenvalue weighted by Gasteiger charge is -2.47. The van der Waals surface area contributed by atoms with E-state index in [1.165, 1.54) is 28.1 Å². The van der Waals surface area contributed by atoms with Gasteiger partial charge in [-0.25, -0.2) is 14.9 Å². The van der Waals surface area contributed by atoms with E-state index >= 15 is 0 Å². The van der Waals surface area contributed by atoms with Gasteiger partial charge in [0, 0.05) is 112 Å². The smallest absolute Gasteiger partial charge is 0.293 e. The molecule has 77 heavy (non-hydrogen) atoms. The molecule has 398 valence electrons. The number of nitrogens with one attached hydrogen (secondary N) is 2. The second-order valence-electron chi connectivity index (χ2n) is 22.3. The number of amides is 4. The molecule has 1 atom stereocenters. The van der Waals surface area contributed by atoms with Crippen molar-refractivity contribution in [3.8, 4) is 11.3 Å². The third kappa shape index (κ3) is 9.35. The molecular weight excluding hydrogens is 977 g/mol. The van der Waals surface area contributed by atoms with Gasteiger partial charge >= 0.3 is 0 Å². The number of aromatic nitrogens is 5. The lowest BCUT2D eigenvalue weighted by molar-refractivity contribution is -0.111. The Hall–Kier alpha value is -8.00. The van der Waals surface area contributed by atoms with Gasteiger partial charge in [0.15, 0.2) is 5.82 Å². The van der Waals surface area contributed by atoms with E-state index in [2.05, 4.69) is 67.2 Å². The number of carbonyl (C=O) groups is 4. The quantitative estimate of drug-likeness (QED) is 0.0773. The number of fused-ring (bicyclic) bond motifs is 4. The molecule has 1 aliphatic carbocycles. The monoisotopic (exact) mass is 1040 g/mol. The minimum Gasteiger partial charge on any atom is -0.392 e. The van der Waals surface area contributed by atoms with Crippen molar-refractivity contribution in [2.75, 3.05) is 69.5 Å². The van der Waals surface area contributed by atoms with Crippen LogP contribution in [0.4, 0.5) is 40.1 Å². The molecule has 0 spiro atoms. The molecule has 0 unspecified atom stereocenters. The number of aliphatic hydroxyl groups excluding tert-OH is 1. The van der Waals surface area contributed by atoms with Gasteiger partial charge in [-0.15, -0.1) is 0 Å². The van der Waals surface area contributed by atoms with E-state index in [0.717, 1.165) is 68.1 Å². The van der Waals surface area contributed by atoms with Crippen molar-refractivity contribution in [3.63, 3.8) is 0 Å². The van der Waals surface area contributed by atoms with Crippen LogP contribution in [0.5, 0.6) is 0 Å². The number of anilines is 7. The van der Waals surface area contributed by atoms with Gasteiger partial charge in [0.1, 0.15) is 17.1 Å². The van der Waals surface area contributed by atoms with Crippen molar-refractivity contribution >= 4 is 63.7 Å². The Balaban J connectivity index is 0.765. The van der Waals surface area contributed by atoms with Crippen LogP contribution in [-0.2, 0) is 43.4 Å². The predicted molar refractivity (Wildman–Crippen MR) is 295 cm³/mol. The van der Waals surface area contributed by atoms with Crippen LogP contribution in [0.25, 0.3) is 11.3 Å². The first-order chi connectivity index (χ1) is 36.8. The Morgan fingerprint density at radius 1 is 0.857 bits per heavy atom. The van der Waals surface area contributed by atoms with Crippen LogP contribution in [0.15, 0.2) is 96.7 Å². The maximum atomic E-state index is 14.1. The molecule has 2 fully saturated rings. The first kappa shape index (κ1) is 51.1. The molecule has 6 aromatic rings. The Morgan fingerprint density at radius 3 is 2.36 bits per heavy atom. The van der Waals surface area contributed by atoms with Crippen LogP contribution in [0, 0.1) is 5.41 Å². The Morgan fingerprint density at radius 2 is 1.62 bits per heavy atom. The maximum Gasteiger partial charge on any atom is 0.293 e. The fraction of sp³-hybridized carbons (Fsp3) is 0.379. The highest BCUT2D eigenvalue weighted by molar-refractivity contribution is 6.34. The lowest BCUT2D eigenvalue weighted by Crippen LogP contribution is -2.57. The highest BCUT2D eigenvalue weighted by Gasteiger charge is 2.40. The zero-order valence-electron chi connectivity index (χ0n) is 44.3. The van der Waals surface area contributed by atoms with E-state index < -0.39 is 29.6 Å². The topological polar surface area (TPSA) is 215 Å². The van der Waals surface area contributed by atoms with Gasteiger partial charge in [-0.1, -0.05) is 20.4 Å². The van der Waals surface area contributed by atoms with E-state index in [-0.39, 0.29) is 29.1 Å². The van der Waals surface area contributed by atoms with Crippen LogP contribution in [0.2, 0.25) is 0 Å². The Bertz CT molecular complexity index is 3480. The average Bonchev–Trinajstić information content (AvgIpc) is 4.12. The highest BCUT2D eigenvalue weighted by atomic mass is 16.3. The van der Waals surface area contributed by atoms with Crippen molar-refractivity contribution in [1.82, 2.24) is 29.0 Å².